The van der Waals surface area contributed by atoms with Crippen LogP contribution < -0.4 is 4.74 Å². The van der Waals surface area contributed by atoms with Crippen LogP contribution in [0.25, 0.3) is 11.3 Å². The van der Waals surface area contributed by atoms with Gasteiger partial charge in [0.1, 0.15) is 17.5 Å². The maximum Gasteiger partial charge on any atom is 0.353 e. The Bertz CT molecular complexity index is 618. The summed E-state index contributed by atoms with van der Waals surface area (Å²) < 4.78 is 5.62. The lowest BCUT2D eigenvalue weighted by Crippen LogP contribution is -2.05. The third-order valence-electron chi connectivity index (χ3n) is 3.00. The molecular formula is C13H12N2O3. The lowest BCUT2D eigenvalue weighted by atomic mass is 10.0. The van der Waals surface area contributed by atoms with E-state index in [-0.39, 0.29) is 11.8 Å². The summed E-state index contributed by atoms with van der Waals surface area (Å²) in [6.45, 7) is 2.02. The van der Waals surface area contributed by atoms with Crippen LogP contribution in [-0.2, 0) is 6.42 Å². The molecule has 0 saturated heterocycles. The molecule has 0 radical (unpaired) electrons. The van der Waals surface area contributed by atoms with Crippen LogP contribution in [0.1, 0.15) is 23.0 Å². The van der Waals surface area contributed by atoms with Crippen LogP contribution in [0, 0.1) is 0 Å². The number of aromatic nitrogens is 2. The number of carboxylic acids is 1. The van der Waals surface area contributed by atoms with E-state index in [2.05, 4.69) is 10.2 Å². The smallest absolute Gasteiger partial charge is 0.353 e. The van der Waals surface area contributed by atoms with Crippen LogP contribution in [0.15, 0.2) is 24.3 Å². The number of fused-ring (bicyclic) bond motifs is 1. The third-order valence-corrected chi connectivity index (χ3v) is 3.00. The molecule has 18 heavy (non-hydrogen) atoms. The molecule has 1 aliphatic rings. The van der Waals surface area contributed by atoms with Crippen LogP contribution in [0.4, 0.5) is 0 Å². The number of hydrogen-bond donors (Lipinski definition) is 2. The minimum Gasteiger partial charge on any atom is -0.490 e. The van der Waals surface area contributed by atoms with Crippen molar-refractivity contribution >= 4 is 5.97 Å². The first-order valence-corrected chi connectivity index (χ1v) is 5.72. The van der Waals surface area contributed by atoms with Crippen LogP contribution in [-0.4, -0.2) is 27.4 Å². The summed E-state index contributed by atoms with van der Waals surface area (Å²) in [4.78, 5) is 10.8. The van der Waals surface area contributed by atoms with E-state index in [1.807, 2.05) is 25.1 Å². The summed E-state index contributed by atoms with van der Waals surface area (Å²) >= 11 is 0. The normalized spacial score (nSPS) is 17.3. The molecule has 1 aliphatic heterocycles. The van der Waals surface area contributed by atoms with E-state index in [0.717, 1.165) is 23.3 Å². The highest BCUT2D eigenvalue weighted by molar-refractivity contribution is 5.86. The number of aromatic amines is 1. The molecule has 0 aliphatic carbocycles. The van der Waals surface area contributed by atoms with Crippen molar-refractivity contribution in [3.8, 4) is 17.0 Å². The van der Waals surface area contributed by atoms with Crippen molar-refractivity contribution in [3.63, 3.8) is 0 Å². The van der Waals surface area contributed by atoms with Gasteiger partial charge in [0.15, 0.2) is 0 Å². The van der Waals surface area contributed by atoms with Gasteiger partial charge in [0.2, 0.25) is 0 Å². The molecule has 2 N–H and O–H groups in total. The fraction of sp³-hybridized carbons (Fsp3) is 0.231. The fourth-order valence-corrected chi connectivity index (χ4v) is 2.16. The van der Waals surface area contributed by atoms with Gasteiger partial charge in [-0.3, -0.25) is 5.10 Å². The van der Waals surface area contributed by atoms with Gasteiger partial charge in [0.25, 0.3) is 0 Å². The Morgan fingerprint density at radius 1 is 1.50 bits per heavy atom. The van der Waals surface area contributed by atoms with Gasteiger partial charge in [-0.1, -0.05) is 0 Å². The summed E-state index contributed by atoms with van der Waals surface area (Å²) in [6, 6.07) is 7.33. The predicted octanol–water partition coefficient (Wildman–Crippen LogP) is 2.10. The van der Waals surface area contributed by atoms with Crippen molar-refractivity contribution in [1.29, 1.82) is 0 Å². The SMILES string of the molecule is CC1Cc2cc(-c3cc(C(=O)O)[nH]n3)ccc2O1. The van der Waals surface area contributed by atoms with Crippen LogP contribution in [0.3, 0.4) is 0 Å². The highest BCUT2D eigenvalue weighted by Crippen LogP contribution is 2.32. The van der Waals surface area contributed by atoms with Gasteiger partial charge < -0.3 is 9.84 Å². The largest absolute Gasteiger partial charge is 0.490 e. The van der Waals surface area contributed by atoms with Gasteiger partial charge in [-0.05, 0) is 36.8 Å². The van der Waals surface area contributed by atoms with E-state index in [1.165, 1.54) is 6.07 Å². The lowest BCUT2D eigenvalue weighted by molar-refractivity contribution is 0.0690. The average molecular weight is 244 g/mol. The van der Waals surface area contributed by atoms with E-state index < -0.39 is 5.97 Å². The predicted molar refractivity (Wildman–Crippen MR) is 64.8 cm³/mol. The lowest BCUT2D eigenvalue weighted by Gasteiger charge is -2.02. The quantitative estimate of drug-likeness (QED) is 0.848. The molecule has 1 aromatic heterocycles. The van der Waals surface area contributed by atoms with Gasteiger partial charge in [-0.25, -0.2) is 4.79 Å². The molecule has 5 nitrogen and oxygen atoms in total. The number of carbonyl (C=O) groups is 1. The Balaban J connectivity index is 1.97. The van der Waals surface area contributed by atoms with Gasteiger partial charge in [0.05, 0.1) is 5.69 Å². The van der Waals surface area contributed by atoms with Crippen molar-refractivity contribution in [1.82, 2.24) is 10.2 Å². The van der Waals surface area contributed by atoms with Crippen LogP contribution in [0.2, 0.25) is 0 Å². The van der Waals surface area contributed by atoms with Gasteiger partial charge >= 0.3 is 5.97 Å². The number of nitrogens with zero attached hydrogens (tertiary/aromatic N) is 1. The van der Waals surface area contributed by atoms with E-state index in [9.17, 15) is 4.79 Å². The summed E-state index contributed by atoms with van der Waals surface area (Å²) in [6.07, 6.45) is 1.07. The van der Waals surface area contributed by atoms with E-state index in [1.54, 1.807) is 0 Å². The summed E-state index contributed by atoms with van der Waals surface area (Å²) in [5, 5.41) is 15.3. The molecule has 0 amide bonds. The topological polar surface area (TPSA) is 75.2 Å². The van der Waals surface area contributed by atoms with Crippen molar-refractivity contribution < 1.29 is 14.6 Å². The second-order valence-corrected chi connectivity index (χ2v) is 4.43. The second-order valence-electron chi connectivity index (χ2n) is 4.43. The van der Waals surface area contributed by atoms with Gasteiger partial charge in [-0.15, -0.1) is 0 Å². The number of ether oxygens (including phenoxy) is 1. The molecule has 0 fully saturated rings. The Morgan fingerprint density at radius 2 is 2.33 bits per heavy atom. The minimum absolute atomic E-state index is 0.0927. The van der Waals surface area contributed by atoms with Crippen molar-refractivity contribution in [2.24, 2.45) is 0 Å². The number of nitrogens with one attached hydrogen (secondary N) is 1. The van der Waals surface area contributed by atoms with Crippen molar-refractivity contribution in [3.05, 3.63) is 35.5 Å². The molecule has 2 heterocycles. The minimum atomic E-state index is -1.01. The van der Waals surface area contributed by atoms with Crippen LogP contribution >= 0.6 is 0 Å². The molecule has 1 unspecified atom stereocenters. The Kier molecular flexibility index (Phi) is 2.33. The zero-order valence-corrected chi connectivity index (χ0v) is 9.80. The molecular weight excluding hydrogens is 232 g/mol. The standard InChI is InChI=1S/C13H12N2O3/c1-7-4-9-5-8(2-3-12(9)18-7)10-6-11(13(16)17)15-14-10/h2-3,5-7H,4H2,1H3,(H,14,15)(H,16,17). The molecule has 0 saturated carbocycles. The zero-order chi connectivity index (χ0) is 12.7. The first kappa shape index (κ1) is 10.8. The van der Waals surface area contributed by atoms with E-state index in [4.69, 9.17) is 9.84 Å². The van der Waals surface area contributed by atoms with E-state index in [0.29, 0.717) is 5.69 Å². The molecule has 1 aromatic carbocycles. The third kappa shape index (κ3) is 1.73. The van der Waals surface area contributed by atoms with Gasteiger partial charge in [-0.2, -0.15) is 5.10 Å². The Morgan fingerprint density at radius 3 is 3.06 bits per heavy atom. The highest BCUT2D eigenvalue weighted by atomic mass is 16.5. The number of hydrogen-bond acceptors (Lipinski definition) is 3. The molecule has 3 rings (SSSR count). The highest BCUT2D eigenvalue weighted by Gasteiger charge is 2.20. The first-order valence-electron chi connectivity index (χ1n) is 5.72. The average Bonchev–Trinajstić information content (AvgIpc) is 2.91. The number of aromatic carboxylic acids is 1. The molecule has 1 atom stereocenters. The molecule has 0 spiro atoms. The molecule has 2 aromatic rings. The number of carboxylic acid groups (broad SMARTS) is 1. The van der Waals surface area contributed by atoms with Gasteiger partial charge in [0, 0.05) is 12.0 Å². The first-order chi connectivity index (χ1) is 8.63. The monoisotopic (exact) mass is 244 g/mol. The van der Waals surface area contributed by atoms with Crippen molar-refractivity contribution in [2.45, 2.75) is 19.4 Å². The maximum atomic E-state index is 10.8. The zero-order valence-electron chi connectivity index (χ0n) is 9.80. The second kappa shape index (κ2) is 3.87. The van der Waals surface area contributed by atoms with Crippen molar-refractivity contribution in [2.75, 3.05) is 0 Å². The summed E-state index contributed by atoms with van der Waals surface area (Å²) in [5.74, 6) is -0.105. The number of benzene rings is 1. The number of rotatable bonds is 2. The summed E-state index contributed by atoms with van der Waals surface area (Å²) in [7, 11) is 0. The Labute approximate surface area is 103 Å². The fourth-order valence-electron chi connectivity index (χ4n) is 2.16. The van der Waals surface area contributed by atoms with E-state index >= 15 is 0 Å². The molecule has 92 valence electrons. The molecule has 0 bridgehead atoms. The summed E-state index contributed by atoms with van der Waals surface area (Å²) in [5.41, 5.74) is 2.76. The number of H-pyrrole nitrogens is 1. The molecule has 5 heteroatoms. The van der Waals surface area contributed by atoms with Crippen LogP contribution in [0.5, 0.6) is 5.75 Å². The maximum absolute atomic E-state index is 10.8. The Hall–Kier alpha value is -2.30.